The van der Waals surface area contributed by atoms with Gasteiger partial charge in [-0.3, -0.25) is 0 Å². The number of benzene rings is 2. The maximum Gasteiger partial charge on any atom is 0.573 e. The molecule has 7 rings (SSSR count). The summed E-state index contributed by atoms with van der Waals surface area (Å²) in [7, 11) is 1.25. The standard InChI is InChI=1S/C30H27F4N3O5S/c1-39-28(38)16-10-22(31)26-24(11-16)43-29(35-26)37-17-8-9-18(37)13-19(12-17)40-14-21-25(36-42-27(21)15-6-7-15)20-4-2-3-5-23(20)41-30(32,33)34/h2-5,10-11,15,17-19H,6-9,12-14H2,1H3/t17-,18+,19-. The molecule has 0 radical (unpaired) electrons. The Morgan fingerprint density at radius 1 is 1.12 bits per heavy atom. The molecule has 1 saturated carbocycles. The van der Waals surface area contributed by atoms with Crippen LogP contribution in [0.5, 0.6) is 5.75 Å². The Morgan fingerprint density at radius 2 is 1.86 bits per heavy atom. The molecule has 2 aromatic carbocycles. The van der Waals surface area contributed by atoms with Gasteiger partial charge in [-0.05, 0) is 62.8 Å². The van der Waals surface area contributed by atoms with Crippen molar-refractivity contribution < 1.29 is 41.1 Å². The molecule has 3 atom stereocenters. The zero-order chi connectivity index (χ0) is 29.9. The molecular weight excluding hydrogens is 590 g/mol. The quantitative estimate of drug-likeness (QED) is 0.150. The number of fused-ring (bicyclic) bond motifs is 3. The summed E-state index contributed by atoms with van der Waals surface area (Å²) in [6, 6.07) is 8.93. The van der Waals surface area contributed by atoms with E-state index in [0.29, 0.717) is 26.8 Å². The maximum atomic E-state index is 14.8. The number of carbonyl (C=O) groups is 1. The topological polar surface area (TPSA) is 86.9 Å². The number of ether oxygens (including phenoxy) is 3. The van der Waals surface area contributed by atoms with Crippen LogP contribution in [-0.4, -0.2) is 47.8 Å². The molecule has 2 aromatic heterocycles. The van der Waals surface area contributed by atoms with Crippen molar-refractivity contribution in [3.63, 3.8) is 0 Å². The lowest BCUT2D eigenvalue weighted by Gasteiger charge is -2.38. The van der Waals surface area contributed by atoms with E-state index in [1.165, 1.54) is 36.6 Å². The van der Waals surface area contributed by atoms with Crippen LogP contribution in [0.4, 0.5) is 22.7 Å². The lowest BCUT2D eigenvalue weighted by atomic mass is 10.00. The van der Waals surface area contributed by atoms with Gasteiger partial charge in [0.15, 0.2) is 10.9 Å². The number of anilines is 1. The predicted molar refractivity (Wildman–Crippen MR) is 149 cm³/mol. The molecule has 0 spiro atoms. The lowest BCUT2D eigenvalue weighted by Crippen LogP contribution is -2.45. The molecule has 4 heterocycles. The number of alkyl halides is 3. The third kappa shape index (κ3) is 5.44. The first-order valence-corrected chi connectivity index (χ1v) is 14.9. The van der Waals surface area contributed by atoms with Gasteiger partial charge in [0.2, 0.25) is 0 Å². The lowest BCUT2D eigenvalue weighted by molar-refractivity contribution is -0.274. The minimum Gasteiger partial charge on any atom is -0.465 e. The number of hydrogen-bond acceptors (Lipinski definition) is 9. The van der Waals surface area contributed by atoms with Gasteiger partial charge in [0.1, 0.15) is 22.7 Å². The third-order valence-corrected chi connectivity index (χ3v) is 9.38. The van der Waals surface area contributed by atoms with Crippen LogP contribution >= 0.6 is 11.3 Å². The Hall–Kier alpha value is -3.71. The van der Waals surface area contributed by atoms with Crippen LogP contribution in [0.3, 0.4) is 0 Å². The smallest absolute Gasteiger partial charge is 0.465 e. The second kappa shape index (κ2) is 10.8. The van der Waals surface area contributed by atoms with Gasteiger partial charge in [0.05, 0.1) is 30.1 Å². The van der Waals surface area contributed by atoms with E-state index in [0.717, 1.165) is 44.6 Å². The van der Waals surface area contributed by atoms with E-state index in [4.69, 9.17) is 14.0 Å². The molecule has 0 unspecified atom stereocenters. The van der Waals surface area contributed by atoms with Crippen LogP contribution in [0.25, 0.3) is 21.5 Å². The number of halogens is 4. The Morgan fingerprint density at radius 3 is 2.56 bits per heavy atom. The van der Waals surface area contributed by atoms with Gasteiger partial charge in [-0.2, -0.15) is 0 Å². The SMILES string of the molecule is COC(=O)c1cc(F)c2nc(N3[C@@H]4CC[C@H]3C[C@H](OCc3c(-c5ccccc5OC(F)(F)F)noc3C3CC3)C4)sc2c1. The van der Waals surface area contributed by atoms with E-state index in [1.807, 2.05) is 0 Å². The number of thiazole rings is 1. The van der Waals surface area contributed by atoms with Crippen molar-refractivity contribution in [1.29, 1.82) is 0 Å². The second-order valence-corrected chi connectivity index (χ2v) is 12.2. The molecule has 1 aliphatic carbocycles. The van der Waals surface area contributed by atoms with E-state index >= 15 is 0 Å². The zero-order valence-electron chi connectivity index (χ0n) is 23.0. The first kappa shape index (κ1) is 28.1. The Bertz CT molecular complexity index is 1670. The number of methoxy groups -OCH3 is 1. The highest BCUT2D eigenvalue weighted by molar-refractivity contribution is 7.22. The Labute approximate surface area is 247 Å². The molecule has 13 heteroatoms. The van der Waals surface area contributed by atoms with Gasteiger partial charge in [0.25, 0.3) is 0 Å². The van der Waals surface area contributed by atoms with Gasteiger partial charge in [-0.15, -0.1) is 13.2 Å². The van der Waals surface area contributed by atoms with Crippen molar-refractivity contribution in [2.24, 2.45) is 0 Å². The third-order valence-electron chi connectivity index (χ3n) is 8.37. The number of esters is 1. The summed E-state index contributed by atoms with van der Waals surface area (Å²) in [6.45, 7) is 0.151. The first-order valence-electron chi connectivity index (χ1n) is 14.1. The van der Waals surface area contributed by atoms with Gasteiger partial charge < -0.3 is 23.6 Å². The van der Waals surface area contributed by atoms with Crippen LogP contribution in [0.2, 0.25) is 0 Å². The molecule has 3 fully saturated rings. The molecule has 43 heavy (non-hydrogen) atoms. The summed E-state index contributed by atoms with van der Waals surface area (Å²) in [5, 5.41) is 4.88. The van der Waals surface area contributed by atoms with Crippen molar-refractivity contribution in [2.75, 3.05) is 12.0 Å². The van der Waals surface area contributed by atoms with Crippen LogP contribution < -0.4 is 9.64 Å². The molecule has 2 saturated heterocycles. The number of nitrogens with zero attached hydrogens (tertiary/aromatic N) is 3. The fourth-order valence-corrected chi connectivity index (χ4v) is 7.48. The molecule has 0 N–H and O–H groups in total. The first-order chi connectivity index (χ1) is 20.7. The molecule has 0 amide bonds. The van der Waals surface area contributed by atoms with Crippen molar-refractivity contribution in [1.82, 2.24) is 10.1 Å². The van der Waals surface area contributed by atoms with Crippen molar-refractivity contribution in [2.45, 2.75) is 75.6 Å². The van der Waals surface area contributed by atoms with Crippen LogP contribution in [0.1, 0.15) is 66.1 Å². The van der Waals surface area contributed by atoms with Crippen LogP contribution in [-0.2, 0) is 16.1 Å². The van der Waals surface area contributed by atoms with Crippen LogP contribution in [0.15, 0.2) is 40.9 Å². The number of piperidine rings is 1. The average molecular weight is 618 g/mol. The summed E-state index contributed by atoms with van der Waals surface area (Å²) < 4.78 is 75.8. The molecule has 2 bridgehead atoms. The fourth-order valence-electron chi connectivity index (χ4n) is 6.32. The molecule has 4 aromatic rings. The highest BCUT2D eigenvalue weighted by atomic mass is 32.1. The van der Waals surface area contributed by atoms with Gasteiger partial charge in [0, 0.05) is 29.1 Å². The Kier molecular flexibility index (Phi) is 7.04. The van der Waals surface area contributed by atoms with E-state index in [1.54, 1.807) is 12.1 Å². The van der Waals surface area contributed by atoms with Crippen molar-refractivity contribution >= 4 is 32.7 Å². The second-order valence-electron chi connectivity index (χ2n) is 11.2. The number of carbonyl (C=O) groups excluding carboxylic acids is 1. The molecule has 3 aliphatic rings. The summed E-state index contributed by atoms with van der Waals surface area (Å²) in [5.74, 6) is -0.688. The largest absolute Gasteiger partial charge is 0.573 e. The van der Waals surface area contributed by atoms with Gasteiger partial charge in [-0.1, -0.05) is 28.6 Å². The minimum atomic E-state index is -4.85. The molecular formula is C30H27F4N3O5S. The molecule has 226 valence electrons. The Balaban J connectivity index is 1.10. The number of rotatable bonds is 8. The van der Waals surface area contributed by atoms with E-state index in [-0.39, 0.29) is 53.1 Å². The van der Waals surface area contributed by atoms with Crippen molar-refractivity contribution in [3.8, 4) is 17.0 Å². The van der Waals surface area contributed by atoms with E-state index in [9.17, 15) is 22.4 Å². The number of aromatic nitrogens is 2. The summed E-state index contributed by atoms with van der Waals surface area (Å²) in [5.41, 5.74) is 1.52. The highest BCUT2D eigenvalue weighted by Gasteiger charge is 2.43. The summed E-state index contributed by atoms with van der Waals surface area (Å²) in [6.07, 6.45) is 0.215. The minimum absolute atomic E-state index is 0.0951. The summed E-state index contributed by atoms with van der Waals surface area (Å²) >= 11 is 1.35. The zero-order valence-corrected chi connectivity index (χ0v) is 23.8. The molecule has 2 aliphatic heterocycles. The van der Waals surface area contributed by atoms with E-state index < -0.39 is 18.1 Å². The van der Waals surface area contributed by atoms with Crippen LogP contribution in [0, 0.1) is 5.82 Å². The predicted octanol–water partition coefficient (Wildman–Crippen LogP) is 7.37. The monoisotopic (exact) mass is 617 g/mol. The van der Waals surface area contributed by atoms with E-state index in [2.05, 4.69) is 19.8 Å². The number of hydrogen-bond donors (Lipinski definition) is 0. The summed E-state index contributed by atoms with van der Waals surface area (Å²) in [4.78, 5) is 18.8. The highest BCUT2D eigenvalue weighted by Crippen LogP contribution is 2.47. The van der Waals surface area contributed by atoms with Crippen molar-refractivity contribution in [3.05, 3.63) is 59.1 Å². The normalized spacial score (nSPS) is 21.9. The fraction of sp³-hybridized carbons (Fsp3) is 0.433. The number of para-hydroxylation sites is 1. The maximum absolute atomic E-state index is 14.8. The van der Waals surface area contributed by atoms with Gasteiger partial charge in [-0.25, -0.2) is 14.2 Å². The van der Waals surface area contributed by atoms with Gasteiger partial charge >= 0.3 is 12.3 Å². The molecule has 8 nitrogen and oxygen atoms in total. The average Bonchev–Trinajstić information content (AvgIpc) is 3.48.